The first-order valence-electron chi connectivity index (χ1n) is 6.80. The van der Waals surface area contributed by atoms with E-state index in [1.54, 1.807) is 0 Å². The maximum atomic E-state index is 6.32. The minimum absolute atomic E-state index is 0.0263. The number of nitrogens with zero attached hydrogens (tertiary/aromatic N) is 2. The number of hydrogen-bond donors (Lipinski definition) is 2. The van der Waals surface area contributed by atoms with Crippen molar-refractivity contribution in [3.05, 3.63) is 51.8 Å². The lowest BCUT2D eigenvalue weighted by Crippen LogP contribution is -2.31. The van der Waals surface area contributed by atoms with E-state index in [9.17, 15) is 0 Å². The monoisotopic (exact) mass is 292 g/mol. The lowest BCUT2D eigenvalue weighted by Gasteiger charge is -2.19. The van der Waals surface area contributed by atoms with Gasteiger partial charge >= 0.3 is 0 Å². The Labute approximate surface area is 124 Å². The summed E-state index contributed by atoms with van der Waals surface area (Å²) in [6.45, 7) is 4.06. The molecule has 0 saturated carbocycles. The van der Waals surface area contributed by atoms with Crippen LogP contribution in [0, 0.1) is 6.92 Å². The summed E-state index contributed by atoms with van der Waals surface area (Å²) < 4.78 is 1.83. The SMILES string of the molecule is CCc1ccccc1C(Cc1c(Cl)c(C)nn1C)NN. The van der Waals surface area contributed by atoms with Crippen molar-refractivity contribution in [1.82, 2.24) is 15.2 Å². The summed E-state index contributed by atoms with van der Waals surface area (Å²) >= 11 is 6.32. The number of aromatic nitrogens is 2. The molecule has 108 valence electrons. The molecule has 0 aliphatic heterocycles. The molecule has 0 bridgehead atoms. The van der Waals surface area contributed by atoms with E-state index in [0.29, 0.717) is 6.42 Å². The maximum absolute atomic E-state index is 6.32. The fraction of sp³-hybridized carbons (Fsp3) is 0.400. The molecule has 2 aromatic rings. The first-order chi connectivity index (χ1) is 9.58. The van der Waals surface area contributed by atoms with Crippen molar-refractivity contribution in [1.29, 1.82) is 0 Å². The Morgan fingerprint density at radius 3 is 2.65 bits per heavy atom. The number of rotatable bonds is 5. The number of aryl methyl sites for hydroxylation is 3. The van der Waals surface area contributed by atoms with Crippen LogP contribution in [0.25, 0.3) is 0 Å². The highest BCUT2D eigenvalue weighted by Crippen LogP contribution is 2.27. The highest BCUT2D eigenvalue weighted by atomic mass is 35.5. The van der Waals surface area contributed by atoms with Gasteiger partial charge < -0.3 is 0 Å². The van der Waals surface area contributed by atoms with E-state index < -0.39 is 0 Å². The van der Waals surface area contributed by atoms with Crippen molar-refractivity contribution in [2.75, 3.05) is 0 Å². The van der Waals surface area contributed by atoms with Crippen LogP contribution in [0.4, 0.5) is 0 Å². The fourth-order valence-electron chi connectivity index (χ4n) is 2.55. The lowest BCUT2D eigenvalue weighted by atomic mass is 9.96. The second-order valence-electron chi connectivity index (χ2n) is 4.95. The van der Waals surface area contributed by atoms with E-state index in [1.807, 2.05) is 24.7 Å². The molecule has 1 heterocycles. The van der Waals surface area contributed by atoms with E-state index in [0.717, 1.165) is 22.8 Å². The minimum Gasteiger partial charge on any atom is -0.271 e. The van der Waals surface area contributed by atoms with E-state index in [1.165, 1.54) is 11.1 Å². The van der Waals surface area contributed by atoms with Gasteiger partial charge in [-0.2, -0.15) is 5.10 Å². The molecule has 1 aromatic carbocycles. The van der Waals surface area contributed by atoms with E-state index in [2.05, 4.69) is 35.6 Å². The quantitative estimate of drug-likeness (QED) is 0.658. The summed E-state index contributed by atoms with van der Waals surface area (Å²) in [6.07, 6.45) is 1.69. The Morgan fingerprint density at radius 1 is 1.40 bits per heavy atom. The summed E-state index contributed by atoms with van der Waals surface area (Å²) in [6, 6.07) is 8.36. The van der Waals surface area contributed by atoms with Crippen molar-refractivity contribution < 1.29 is 0 Å². The summed E-state index contributed by atoms with van der Waals surface area (Å²) in [5.74, 6) is 5.76. The number of hydrogen-bond acceptors (Lipinski definition) is 3. The summed E-state index contributed by atoms with van der Waals surface area (Å²) in [7, 11) is 1.91. The highest BCUT2D eigenvalue weighted by Gasteiger charge is 2.19. The molecule has 0 aliphatic rings. The predicted molar refractivity (Wildman–Crippen MR) is 82.5 cm³/mol. The van der Waals surface area contributed by atoms with Crippen LogP contribution in [0.5, 0.6) is 0 Å². The second kappa shape index (κ2) is 6.39. The van der Waals surface area contributed by atoms with Crippen LogP contribution in [-0.4, -0.2) is 9.78 Å². The molecule has 4 nitrogen and oxygen atoms in total. The Bertz CT molecular complexity index is 592. The zero-order valence-electron chi connectivity index (χ0n) is 12.2. The molecule has 0 amide bonds. The molecule has 1 atom stereocenters. The number of benzene rings is 1. The zero-order chi connectivity index (χ0) is 14.7. The highest BCUT2D eigenvalue weighted by molar-refractivity contribution is 6.31. The maximum Gasteiger partial charge on any atom is 0.0847 e. The van der Waals surface area contributed by atoms with Gasteiger partial charge in [0.05, 0.1) is 22.5 Å². The normalized spacial score (nSPS) is 12.7. The van der Waals surface area contributed by atoms with Crippen LogP contribution in [0.3, 0.4) is 0 Å². The van der Waals surface area contributed by atoms with Gasteiger partial charge in [-0.25, -0.2) is 0 Å². The van der Waals surface area contributed by atoms with Crippen molar-refractivity contribution in [2.24, 2.45) is 12.9 Å². The topological polar surface area (TPSA) is 55.9 Å². The Kier molecular flexibility index (Phi) is 4.81. The minimum atomic E-state index is 0.0263. The van der Waals surface area contributed by atoms with Crippen LogP contribution >= 0.6 is 11.6 Å². The molecular weight excluding hydrogens is 272 g/mol. The van der Waals surface area contributed by atoms with Gasteiger partial charge in [-0.15, -0.1) is 0 Å². The molecule has 20 heavy (non-hydrogen) atoms. The smallest absolute Gasteiger partial charge is 0.0847 e. The Morgan fingerprint density at radius 2 is 2.10 bits per heavy atom. The van der Waals surface area contributed by atoms with Crippen molar-refractivity contribution in [2.45, 2.75) is 32.7 Å². The van der Waals surface area contributed by atoms with Crippen molar-refractivity contribution in [3.63, 3.8) is 0 Å². The summed E-state index contributed by atoms with van der Waals surface area (Å²) in [4.78, 5) is 0. The summed E-state index contributed by atoms with van der Waals surface area (Å²) in [5, 5.41) is 5.07. The molecule has 2 rings (SSSR count). The van der Waals surface area contributed by atoms with E-state index in [4.69, 9.17) is 17.4 Å². The average molecular weight is 293 g/mol. The average Bonchev–Trinajstić information content (AvgIpc) is 2.70. The van der Waals surface area contributed by atoms with Gasteiger partial charge in [0.1, 0.15) is 0 Å². The predicted octanol–water partition coefficient (Wildman–Crippen LogP) is 2.69. The molecular formula is C15H21ClN4. The third-order valence-corrected chi connectivity index (χ3v) is 4.16. The second-order valence-corrected chi connectivity index (χ2v) is 5.32. The molecule has 0 aliphatic carbocycles. The largest absolute Gasteiger partial charge is 0.271 e. The first kappa shape index (κ1) is 15.0. The number of hydrazine groups is 1. The molecule has 0 radical (unpaired) electrons. The Hall–Kier alpha value is -1.36. The van der Waals surface area contributed by atoms with Gasteiger partial charge in [0.15, 0.2) is 0 Å². The van der Waals surface area contributed by atoms with Gasteiger partial charge in [0.2, 0.25) is 0 Å². The number of halogens is 1. The Balaban J connectivity index is 2.34. The molecule has 3 N–H and O–H groups in total. The third kappa shape index (κ3) is 2.87. The summed E-state index contributed by atoms with van der Waals surface area (Å²) in [5.41, 5.74) is 7.27. The molecule has 0 saturated heterocycles. The van der Waals surface area contributed by atoms with Gasteiger partial charge in [-0.3, -0.25) is 16.0 Å². The van der Waals surface area contributed by atoms with Crippen LogP contribution in [0.2, 0.25) is 5.02 Å². The fourth-order valence-corrected chi connectivity index (χ4v) is 2.79. The van der Waals surface area contributed by atoms with Crippen molar-refractivity contribution in [3.8, 4) is 0 Å². The molecule has 1 unspecified atom stereocenters. The standard InChI is InChI=1S/C15H21ClN4/c1-4-11-7-5-6-8-12(11)13(18-17)9-14-15(16)10(2)19-20(14)3/h5-8,13,18H,4,9,17H2,1-3H3. The lowest BCUT2D eigenvalue weighted by molar-refractivity contribution is 0.526. The number of nitrogens with two attached hydrogens (primary N) is 1. The van der Waals surface area contributed by atoms with Crippen LogP contribution in [0.15, 0.2) is 24.3 Å². The molecule has 0 spiro atoms. The van der Waals surface area contributed by atoms with Gasteiger partial charge in [-0.05, 0) is 24.5 Å². The van der Waals surface area contributed by atoms with Gasteiger partial charge in [-0.1, -0.05) is 42.8 Å². The van der Waals surface area contributed by atoms with Crippen LogP contribution in [0.1, 0.15) is 35.5 Å². The zero-order valence-corrected chi connectivity index (χ0v) is 12.9. The first-order valence-corrected chi connectivity index (χ1v) is 7.18. The van der Waals surface area contributed by atoms with Gasteiger partial charge in [0.25, 0.3) is 0 Å². The van der Waals surface area contributed by atoms with E-state index >= 15 is 0 Å². The number of nitrogens with one attached hydrogen (secondary N) is 1. The molecule has 1 aromatic heterocycles. The van der Waals surface area contributed by atoms with E-state index in [-0.39, 0.29) is 6.04 Å². The third-order valence-electron chi connectivity index (χ3n) is 3.67. The van der Waals surface area contributed by atoms with Gasteiger partial charge in [0, 0.05) is 13.5 Å². The molecule has 5 heteroatoms. The molecule has 0 fully saturated rings. The van der Waals surface area contributed by atoms with Crippen LogP contribution < -0.4 is 11.3 Å². The van der Waals surface area contributed by atoms with Crippen LogP contribution in [-0.2, 0) is 19.9 Å². The van der Waals surface area contributed by atoms with Crippen molar-refractivity contribution >= 4 is 11.6 Å².